The second kappa shape index (κ2) is 9.30. The first-order valence-corrected chi connectivity index (χ1v) is 9.67. The summed E-state index contributed by atoms with van der Waals surface area (Å²) >= 11 is 0. The molecule has 0 aliphatic carbocycles. The van der Waals surface area contributed by atoms with Gasteiger partial charge in [0, 0.05) is 0 Å². The monoisotopic (exact) mass is 420 g/mol. The molecule has 0 fully saturated rings. The van der Waals surface area contributed by atoms with Crippen LogP contribution in [0.15, 0.2) is 65.8 Å². The van der Waals surface area contributed by atoms with Crippen LogP contribution in [0.1, 0.15) is 36.7 Å². The molecule has 0 aliphatic rings. The van der Waals surface area contributed by atoms with Gasteiger partial charge in [-0.05, 0) is 61.4 Å². The fraction of sp³-hybridized carbons (Fsp3) is 0.208. The van der Waals surface area contributed by atoms with E-state index in [1.165, 1.54) is 13.3 Å². The zero-order valence-corrected chi connectivity index (χ0v) is 17.8. The third kappa shape index (κ3) is 5.82. The molecule has 1 N–H and O–H groups in total. The van der Waals surface area contributed by atoms with Crippen molar-refractivity contribution in [1.29, 1.82) is 0 Å². The molecule has 0 heterocycles. The van der Waals surface area contributed by atoms with E-state index in [4.69, 9.17) is 14.2 Å². The van der Waals surface area contributed by atoms with E-state index in [0.717, 1.165) is 10.8 Å². The summed E-state index contributed by atoms with van der Waals surface area (Å²) in [4.78, 5) is 24.4. The van der Waals surface area contributed by atoms with Gasteiger partial charge in [0.1, 0.15) is 5.60 Å². The average Bonchev–Trinajstić information content (AvgIpc) is 2.73. The number of carbonyl (C=O) groups excluding carboxylic acids is 2. The van der Waals surface area contributed by atoms with Crippen LogP contribution in [-0.2, 0) is 4.74 Å². The number of nitrogens with one attached hydrogen (secondary N) is 1. The van der Waals surface area contributed by atoms with Crippen molar-refractivity contribution in [3.05, 3.63) is 71.8 Å². The van der Waals surface area contributed by atoms with E-state index in [0.29, 0.717) is 16.9 Å². The predicted octanol–water partition coefficient (Wildman–Crippen LogP) is 4.93. The molecule has 3 aromatic rings. The maximum atomic E-state index is 12.8. The van der Waals surface area contributed by atoms with E-state index in [-0.39, 0.29) is 5.75 Å². The summed E-state index contributed by atoms with van der Waals surface area (Å²) in [6.07, 6.45) is 0.777. The van der Waals surface area contributed by atoms with Gasteiger partial charge in [0.25, 0.3) is 0 Å². The fourth-order valence-electron chi connectivity index (χ4n) is 2.87. The quantitative estimate of drug-likeness (QED) is 0.274. The van der Waals surface area contributed by atoms with Gasteiger partial charge in [-0.25, -0.2) is 15.0 Å². The Hall–Kier alpha value is -3.87. The smallest absolute Gasteiger partial charge is 0.428 e. The number of ether oxygens (including phenoxy) is 3. The minimum absolute atomic E-state index is 0.276. The standard InChI is InChI=1S/C24H24N2O5/c1-24(2,3)31-23(28)26-25-15-16-12-13-20(21(14-16)29-4)30-22(27)19-11-7-9-17-8-5-6-10-18(17)19/h5-15H,1-4H3,(H,26,28). The van der Waals surface area contributed by atoms with Gasteiger partial charge in [-0.1, -0.05) is 36.4 Å². The van der Waals surface area contributed by atoms with Crippen LogP contribution >= 0.6 is 0 Å². The minimum atomic E-state index is -0.656. The largest absolute Gasteiger partial charge is 0.493 e. The molecule has 160 valence electrons. The molecule has 0 saturated carbocycles. The number of hydrazone groups is 1. The number of rotatable bonds is 5. The lowest BCUT2D eigenvalue weighted by molar-refractivity contribution is 0.0529. The van der Waals surface area contributed by atoms with Crippen LogP contribution in [0.5, 0.6) is 11.5 Å². The van der Waals surface area contributed by atoms with Gasteiger partial charge in [-0.2, -0.15) is 5.10 Å². The van der Waals surface area contributed by atoms with Gasteiger partial charge >= 0.3 is 12.1 Å². The molecule has 7 heteroatoms. The summed E-state index contributed by atoms with van der Waals surface area (Å²) in [7, 11) is 1.48. The second-order valence-corrected chi connectivity index (χ2v) is 7.70. The van der Waals surface area contributed by atoms with Gasteiger partial charge < -0.3 is 14.2 Å². The van der Waals surface area contributed by atoms with Crippen molar-refractivity contribution >= 4 is 29.0 Å². The number of nitrogens with zero attached hydrogens (tertiary/aromatic N) is 1. The van der Waals surface area contributed by atoms with E-state index in [1.54, 1.807) is 45.0 Å². The van der Waals surface area contributed by atoms with Crippen LogP contribution in [0.4, 0.5) is 4.79 Å². The van der Waals surface area contributed by atoms with Crippen LogP contribution in [0.25, 0.3) is 10.8 Å². The molecule has 31 heavy (non-hydrogen) atoms. The van der Waals surface area contributed by atoms with Crippen molar-refractivity contribution < 1.29 is 23.8 Å². The van der Waals surface area contributed by atoms with Gasteiger partial charge in [0.2, 0.25) is 0 Å². The number of carbonyl (C=O) groups is 2. The highest BCUT2D eigenvalue weighted by Gasteiger charge is 2.16. The molecule has 1 amide bonds. The van der Waals surface area contributed by atoms with Crippen molar-refractivity contribution in [3.63, 3.8) is 0 Å². The van der Waals surface area contributed by atoms with E-state index < -0.39 is 17.7 Å². The lowest BCUT2D eigenvalue weighted by atomic mass is 10.0. The summed E-state index contributed by atoms with van der Waals surface area (Å²) < 4.78 is 16.0. The van der Waals surface area contributed by atoms with Crippen molar-refractivity contribution in [2.24, 2.45) is 5.10 Å². The number of esters is 1. The molecule has 0 spiro atoms. The Bertz CT molecular complexity index is 1130. The second-order valence-electron chi connectivity index (χ2n) is 7.70. The molecular formula is C24H24N2O5. The van der Waals surface area contributed by atoms with Crippen LogP contribution < -0.4 is 14.9 Å². The Morgan fingerprint density at radius 2 is 1.71 bits per heavy atom. The Labute approximate surface area is 180 Å². The van der Waals surface area contributed by atoms with E-state index in [1.807, 2.05) is 36.4 Å². The van der Waals surface area contributed by atoms with Crippen molar-refractivity contribution in [3.8, 4) is 11.5 Å². The molecular weight excluding hydrogens is 396 g/mol. The number of benzene rings is 3. The number of hydrogen-bond acceptors (Lipinski definition) is 6. The third-order valence-electron chi connectivity index (χ3n) is 4.17. The third-order valence-corrected chi connectivity index (χ3v) is 4.17. The minimum Gasteiger partial charge on any atom is -0.493 e. The predicted molar refractivity (Wildman–Crippen MR) is 119 cm³/mol. The van der Waals surface area contributed by atoms with E-state index in [2.05, 4.69) is 10.5 Å². The molecule has 0 unspecified atom stereocenters. The number of methoxy groups -OCH3 is 1. The fourth-order valence-corrected chi connectivity index (χ4v) is 2.87. The molecule has 3 aromatic carbocycles. The van der Waals surface area contributed by atoms with E-state index in [9.17, 15) is 9.59 Å². The van der Waals surface area contributed by atoms with Gasteiger partial charge in [-0.3, -0.25) is 0 Å². The molecule has 0 aromatic heterocycles. The number of fused-ring (bicyclic) bond motifs is 1. The van der Waals surface area contributed by atoms with Gasteiger partial charge in [-0.15, -0.1) is 0 Å². The van der Waals surface area contributed by atoms with Crippen molar-refractivity contribution in [2.75, 3.05) is 7.11 Å². The molecule has 0 aliphatic heterocycles. The summed E-state index contributed by atoms with van der Waals surface area (Å²) in [5, 5.41) is 5.62. The molecule has 3 rings (SSSR count). The lowest BCUT2D eigenvalue weighted by Crippen LogP contribution is -2.29. The molecule has 0 radical (unpaired) electrons. The molecule has 7 nitrogen and oxygen atoms in total. The first kappa shape index (κ1) is 21.8. The topological polar surface area (TPSA) is 86.2 Å². The van der Waals surface area contributed by atoms with Crippen LogP contribution in [0.3, 0.4) is 0 Å². The highest BCUT2D eigenvalue weighted by atomic mass is 16.6. The van der Waals surface area contributed by atoms with Crippen LogP contribution in [0, 0.1) is 0 Å². The summed E-state index contributed by atoms with van der Waals surface area (Å²) in [5.74, 6) is 0.149. The van der Waals surface area contributed by atoms with Crippen LogP contribution in [-0.4, -0.2) is 31.0 Å². The highest BCUT2D eigenvalue weighted by molar-refractivity contribution is 6.05. The summed E-state index contributed by atoms with van der Waals surface area (Å²) in [5.41, 5.74) is 2.78. The lowest BCUT2D eigenvalue weighted by Gasteiger charge is -2.18. The SMILES string of the molecule is COc1cc(C=NNC(=O)OC(C)(C)C)ccc1OC(=O)c1cccc2ccccc12. The normalized spacial score (nSPS) is 11.4. The van der Waals surface area contributed by atoms with Crippen molar-refractivity contribution in [1.82, 2.24) is 5.43 Å². The average molecular weight is 420 g/mol. The van der Waals surface area contributed by atoms with Crippen LogP contribution in [0.2, 0.25) is 0 Å². The summed E-state index contributed by atoms with van der Waals surface area (Å²) in [6, 6.07) is 18.0. The number of amides is 1. The zero-order chi connectivity index (χ0) is 22.4. The summed E-state index contributed by atoms with van der Waals surface area (Å²) in [6.45, 7) is 5.29. The maximum Gasteiger partial charge on any atom is 0.428 e. The Kier molecular flexibility index (Phi) is 6.55. The molecule has 0 bridgehead atoms. The van der Waals surface area contributed by atoms with Gasteiger partial charge in [0.15, 0.2) is 11.5 Å². The first-order valence-electron chi connectivity index (χ1n) is 9.67. The Balaban J connectivity index is 1.73. The Morgan fingerprint density at radius 3 is 2.45 bits per heavy atom. The van der Waals surface area contributed by atoms with E-state index >= 15 is 0 Å². The molecule has 0 atom stereocenters. The van der Waals surface area contributed by atoms with Gasteiger partial charge in [0.05, 0.1) is 18.9 Å². The highest BCUT2D eigenvalue weighted by Crippen LogP contribution is 2.29. The first-order chi connectivity index (χ1) is 14.8. The van der Waals surface area contributed by atoms with Crippen molar-refractivity contribution in [2.45, 2.75) is 26.4 Å². The number of hydrogen-bond donors (Lipinski definition) is 1. The molecule has 0 saturated heterocycles. The maximum absolute atomic E-state index is 12.8. The Morgan fingerprint density at radius 1 is 0.968 bits per heavy atom. The zero-order valence-electron chi connectivity index (χ0n) is 17.8.